The van der Waals surface area contributed by atoms with Gasteiger partial charge in [0.2, 0.25) is 0 Å². The standard InChI is InChI=1S/Ni.Ta.Ti.W. The van der Waals surface area contributed by atoms with Gasteiger partial charge in [-0.1, -0.05) is 0 Å². The molecule has 0 unspecified atom stereocenters. The van der Waals surface area contributed by atoms with Crippen molar-refractivity contribution in [3.63, 3.8) is 0 Å². The summed E-state index contributed by atoms with van der Waals surface area (Å²) in [6.07, 6.45) is 0. The number of rotatable bonds is 0. The molecule has 0 amide bonds. The van der Waals surface area contributed by atoms with E-state index in [1.807, 2.05) is 0 Å². The summed E-state index contributed by atoms with van der Waals surface area (Å²) in [5.74, 6) is 0. The molecule has 0 atom stereocenters. The van der Waals surface area contributed by atoms with Crippen LogP contribution in [0, 0.1) is 0 Å². The van der Waals surface area contributed by atoms with Gasteiger partial charge in [-0.25, -0.2) is 0 Å². The van der Waals surface area contributed by atoms with Crippen LogP contribution in [-0.4, -0.2) is 0 Å². The average Bonchev–Trinajstić information content (AvgIpc) is 1.00. The van der Waals surface area contributed by atoms with Crippen molar-refractivity contribution in [1.29, 1.82) is 0 Å². The molecule has 0 aliphatic rings. The zero-order valence-electron chi connectivity index (χ0n) is 1.67. The summed E-state index contributed by atoms with van der Waals surface area (Å²) in [5.41, 5.74) is 0. The third kappa shape index (κ3) is 8.82. The molecule has 0 N–H and O–H groups in total. The Morgan fingerprint density at radius 3 is 1.25 bits per heavy atom. The van der Waals surface area contributed by atoms with E-state index in [4.69, 9.17) is 0 Å². The molecule has 0 heterocycles. The zero-order valence-corrected chi connectivity index (χ0v) is 10.4. The van der Waals surface area contributed by atoms with E-state index >= 15 is 0 Å². The number of hydrogen-bond acceptors (Lipinski definition) is 0. The van der Waals surface area contributed by atoms with Crippen molar-refractivity contribution < 1.29 is 72.4 Å². The maximum atomic E-state index is 2.11. The minimum Gasteiger partial charge on any atom is 0 e. The van der Waals surface area contributed by atoms with E-state index in [1.165, 1.54) is 17.8 Å². The third-order valence-corrected chi connectivity index (χ3v) is 0. The van der Waals surface area contributed by atoms with Crippen LogP contribution in [0.3, 0.4) is 0 Å². The Morgan fingerprint density at radius 1 is 1.25 bits per heavy atom. The van der Waals surface area contributed by atoms with E-state index in [9.17, 15) is 0 Å². The van der Waals surface area contributed by atoms with Crippen molar-refractivity contribution in [1.82, 2.24) is 0 Å². The first-order valence-electron chi connectivity index (χ1n) is 0.224. The van der Waals surface area contributed by atoms with Gasteiger partial charge < -0.3 is 0 Å². The minimum absolute atomic E-state index is 0. The second kappa shape index (κ2) is 17.4. The average molecular weight is 471 g/mol. The summed E-state index contributed by atoms with van der Waals surface area (Å²) in [5, 5.41) is 0. The predicted octanol–water partition coefficient (Wildman–Crippen LogP) is -0.0100. The summed E-state index contributed by atoms with van der Waals surface area (Å²) >= 11 is 3.56. The molecule has 0 saturated heterocycles. The Morgan fingerprint density at radius 2 is 1.25 bits per heavy atom. The molecule has 0 aromatic heterocycles. The maximum Gasteiger partial charge on any atom is 0 e. The van der Waals surface area contributed by atoms with Gasteiger partial charge in [-0.15, -0.1) is 0 Å². The molecule has 0 radical (unpaired) electrons. The van der Waals surface area contributed by atoms with Gasteiger partial charge in [0, 0.05) is 37.6 Å². The van der Waals surface area contributed by atoms with E-state index in [1.54, 1.807) is 0 Å². The first-order chi connectivity index (χ1) is 1.00. The quantitative estimate of drug-likeness (QED) is 0.437. The van der Waals surface area contributed by atoms with Crippen LogP contribution in [0.25, 0.3) is 0 Å². The summed E-state index contributed by atoms with van der Waals surface area (Å²) in [6.45, 7) is 0. The van der Waals surface area contributed by atoms with Crippen molar-refractivity contribution in [3.05, 3.63) is 0 Å². The molecule has 4 heteroatoms. The van der Waals surface area contributed by atoms with Crippen LogP contribution in [0.15, 0.2) is 0 Å². The van der Waals surface area contributed by atoms with Crippen LogP contribution in [0.5, 0.6) is 0 Å². The molecule has 0 saturated carbocycles. The fraction of sp³-hybridized carbons (Fsp3) is 0. The van der Waals surface area contributed by atoms with Crippen LogP contribution < -0.4 is 0 Å². The van der Waals surface area contributed by atoms with Crippen molar-refractivity contribution in [3.8, 4) is 0 Å². The Labute approximate surface area is 71.2 Å². The zero-order chi connectivity index (χ0) is 2.00. The second-order valence-corrected chi connectivity index (χ2v) is 0. The van der Waals surface area contributed by atoms with Gasteiger partial charge in [-0.05, 0) is 0 Å². The van der Waals surface area contributed by atoms with Gasteiger partial charge in [0.05, 0.1) is 0 Å². The molecule has 4 heavy (non-hydrogen) atoms. The molecule has 25 valence electrons. The summed E-state index contributed by atoms with van der Waals surface area (Å²) in [4.78, 5) is 0. The fourth-order valence-corrected chi connectivity index (χ4v) is 0. The molecule has 0 spiro atoms. The van der Waals surface area contributed by atoms with Crippen LogP contribution >= 0.6 is 0 Å². The van der Waals surface area contributed by atoms with Gasteiger partial charge in [-0.2, -0.15) is 0 Å². The normalized spacial score (nSPS) is 0.750. The molecular formula is NiTaTiW. The first kappa shape index (κ1) is 15.9. The van der Waals surface area contributed by atoms with E-state index in [-0.39, 0.29) is 37.6 Å². The molecule has 0 aromatic rings. The first-order valence-corrected chi connectivity index (χ1v) is 7.55. The predicted molar refractivity (Wildman–Crippen MR) is 0 cm³/mol. The molecule has 0 fully saturated rings. The second-order valence-electron chi connectivity index (χ2n) is 0. The monoisotopic (exact) mass is 471 g/mol. The van der Waals surface area contributed by atoms with Gasteiger partial charge in [-0.3, -0.25) is 0 Å². The molecule has 0 aliphatic carbocycles. The third-order valence-electron chi connectivity index (χ3n) is 0. The van der Waals surface area contributed by atoms with Crippen LogP contribution in [-0.2, 0) is 72.4 Å². The summed E-state index contributed by atoms with van der Waals surface area (Å²) in [6, 6.07) is 0. The SMILES string of the molecule is [Ni].[Ti][Ta].[W]. The molecular weight excluding hydrogens is 471 g/mol. The van der Waals surface area contributed by atoms with Crippen LogP contribution in [0.1, 0.15) is 0 Å². The van der Waals surface area contributed by atoms with Crippen molar-refractivity contribution in [2.24, 2.45) is 0 Å². The molecule has 0 rings (SSSR count). The Hall–Kier alpha value is 2.64. The number of hydrogen-bond donors (Lipinski definition) is 0. The van der Waals surface area contributed by atoms with E-state index in [0.717, 1.165) is 0 Å². The molecule has 0 nitrogen and oxygen atoms in total. The van der Waals surface area contributed by atoms with Gasteiger partial charge in [0.1, 0.15) is 0 Å². The van der Waals surface area contributed by atoms with Gasteiger partial charge >= 0.3 is 34.9 Å². The Bertz CT molecular complexity index is 8.00. The Kier molecular flexibility index (Phi) is 69.5. The minimum atomic E-state index is 0. The van der Waals surface area contributed by atoms with E-state index in [0.29, 0.717) is 0 Å². The van der Waals surface area contributed by atoms with Crippen LogP contribution in [0.2, 0.25) is 0 Å². The molecule has 0 bridgehead atoms. The summed E-state index contributed by atoms with van der Waals surface area (Å²) in [7, 11) is 0. The fourth-order valence-electron chi connectivity index (χ4n) is 0. The van der Waals surface area contributed by atoms with Gasteiger partial charge in [0.15, 0.2) is 0 Å². The molecule has 0 aromatic carbocycles. The van der Waals surface area contributed by atoms with E-state index < -0.39 is 0 Å². The summed E-state index contributed by atoms with van der Waals surface area (Å²) < 4.78 is 0. The van der Waals surface area contributed by atoms with Crippen molar-refractivity contribution in [2.45, 2.75) is 0 Å². The topological polar surface area (TPSA) is 0 Å². The van der Waals surface area contributed by atoms with Gasteiger partial charge in [0.25, 0.3) is 0 Å². The van der Waals surface area contributed by atoms with Crippen LogP contribution in [0.4, 0.5) is 0 Å². The Balaban J connectivity index is -0.00000000500. The van der Waals surface area contributed by atoms with Crippen molar-refractivity contribution in [2.75, 3.05) is 0 Å². The van der Waals surface area contributed by atoms with E-state index in [2.05, 4.69) is 17.1 Å². The molecule has 0 aliphatic heterocycles. The largest absolute Gasteiger partial charge is 0 e. The van der Waals surface area contributed by atoms with Crippen molar-refractivity contribution >= 4 is 0 Å². The maximum absolute atomic E-state index is 2.11. The smallest absolute Gasteiger partial charge is 0 e.